The third-order valence-corrected chi connectivity index (χ3v) is 4.75. The molecule has 0 bridgehead atoms. The molecule has 31 heavy (non-hydrogen) atoms. The lowest BCUT2D eigenvalue weighted by atomic mass is 10.2. The molecule has 0 heterocycles. The summed E-state index contributed by atoms with van der Waals surface area (Å²) >= 11 is 0. The van der Waals surface area contributed by atoms with Crippen LogP contribution in [0.15, 0.2) is 89.1 Å². The van der Waals surface area contributed by atoms with Crippen molar-refractivity contribution in [2.45, 2.75) is 32.3 Å². The largest absolute Gasteiger partial charge is 0.497 e. The number of ether oxygens (including phenoxy) is 3. The summed E-state index contributed by atoms with van der Waals surface area (Å²) < 4.78 is 16.7. The van der Waals surface area contributed by atoms with Crippen molar-refractivity contribution in [1.82, 2.24) is 0 Å². The molecular formula is C26H30N2O3. The topological polar surface area (TPSA) is 52.4 Å². The van der Waals surface area contributed by atoms with E-state index in [9.17, 15) is 0 Å². The second-order valence-corrected chi connectivity index (χ2v) is 7.19. The Morgan fingerprint density at radius 3 is 1.81 bits per heavy atom. The zero-order chi connectivity index (χ0) is 21.6. The van der Waals surface area contributed by atoms with E-state index < -0.39 is 0 Å². The molecule has 0 aliphatic carbocycles. The Bertz CT molecular complexity index is 894. The summed E-state index contributed by atoms with van der Waals surface area (Å²) in [7, 11) is 1.64. The number of nitrogens with zero attached hydrogens (tertiary/aromatic N) is 2. The highest BCUT2D eigenvalue weighted by Gasteiger charge is 1.97. The van der Waals surface area contributed by atoms with Gasteiger partial charge in [0.25, 0.3) is 0 Å². The predicted molar refractivity (Wildman–Crippen MR) is 124 cm³/mol. The number of methoxy groups -OCH3 is 1. The lowest BCUT2D eigenvalue weighted by Crippen LogP contribution is -1.98. The van der Waals surface area contributed by atoms with E-state index in [2.05, 4.69) is 22.4 Å². The molecule has 0 saturated heterocycles. The van der Waals surface area contributed by atoms with Crippen LogP contribution in [0.3, 0.4) is 0 Å². The van der Waals surface area contributed by atoms with Gasteiger partial charge >= 0.3 is 0 Å². The molecule has 3 rings (SSSR count). The molecule has 0 amide bonds. The number of hydrogen-bond donors (Lipinski definition) is 0. The van der Waals surface area contributed by atoms with Crippen LogP contribution < -0.4 is 9.47 Å². The van der Waals surface area contributed by atoms with Crippen molar-refractivity contribution in [3.8, 4) is 11.5 Å². The first-order valence-corrected chi connectivity index (χ1v) is 10.7. The summed E-state index contributed by atoms with van der Waals surface area (Å²) in [5.41, 5.74) is 2.80. The molecule has 0 spiro atoms. The Morgan fingerprint density at radius 1 is 0.613 bits per heavy atom. The van der Waals surface area contributed by atoms with Gasteiger partial charge in [0.1, 0.15) is 11.5 Å². The highest BCUT2D eigenvalue weighted by atomic mass is 16.5. The first-order valence-electron chi connectivity index (χ1n) is 10.7. The lowest BCUT2D eigenvalue weighted by Gasteiger charge is -2.07. The van der Waals surface area contributed by atoms with E-state index in [4.69, 9.17) is 14.2 Å². The molecule has 3 aromatic rings. The Morgan fingerprint density at radius 2 is 1.19 bits per heavy atom. The van der Waals surface area contributed by atoms with Crippen LogP contribution in [0.1, 0.15) is 31.2 Å². The fraction of sp³-hybridized carbons (Fsp3) is 0.308. The number of rotatable bonds is 13. The molecule has 0 N–H and O–H groups in total. The summed E-state index contributed by atoms with van der Waals surface area (Å²) in [5, 5.41) is 8.49. The number of hydrogen-bond acceptors (Lipinski definition) is 5. The van der Waals surface area contributed by atoms with Crippen molar-refractivity contribution in [3.63, 3.8) is 0 Å². The number of unbranched alkanes of at least 4 members (excludes halogenated alkanes) is 3. The molecule has 0 atom stereocenters. The van der Waals surface area contributed by atoms with Crippen molar-refractivity contribution < 1.29 is 14.2 Å². The molecule has 0 saturated carbocycles. The molecule has 3 aromatic carbocycles. The van der Waals surface area contributed by atoms with Crippen molar-refractivity contribution in [3.05, 3.63) is 84.4 Å². The van der Waals surface area contributed by atoms with Crippen LogP contribution in [0.4, 0.5) is 11.4 Å². The zero-order valence-corrected chi connectivity index (χ0v) is 18.1. The third kappa shape index (κ3) is 8.60. The molecule has 162 valence electrons. The van der Waals surface area contributed by atoms with E-state index in [0.29, 0.717) is 6.61 Å². The van der Waals surface area contributed by atoms with Crippen LogP contribution in [-0.4, -0.2) is 20.3 Å². The molecule has 5 heteroatoms. The minimum atomic E-state index is 0.694. The van der Waals surface area contributed by atoms with Gasteiger partial charge in [-0.3, -0.25) is 0 Å². The lowest BCUT2D eigenvalue weighted by molar-refractivity contribution is 0.116. The van der Waals surface area contributed by atoms with E-state index in [1.807, 2.05) is 66.7 Å². The average molecular weight is 419 g/mol. The Kier molecular flexibility index (Phi) is 9.57. The van der Waals surface area contributed by atoms with E-state index in [-0.39, 0.29) is 0 Å². The summed E-state index contributed by atoms with van der Waals surface area (Å²) in [6.07, 6.45) is 4.42. The van der Waals surface area contributed by atoms with E-state index >= 15 is 0 Å². The predicted octanol–water partition coefficient (Wildman–Crippen LogP) is 7.27. The highest BCUT2D eigenvalue weighted by Crippen LogP contribution is 2.23. The van der Waals surface area contributed by atoms with Gasteiger partial charge in [-0.05, 0) is 73.4 Å². The second-order valence-electron chi connectivity index (χ2n) is 7.19. The summed E-state index contributed by atoms with van der Waals surface area (Å²) in [4.78, 5) is 0. The maximum Gasteiger partial charge on any atom is 0.119 e. The molecule has 0 aromatic heterocycles. The number of azo groups is 1. The quantitative estimate of drug-likeness (QED) is 0.217. The minimum Gasteiger partial charge on any atom is -0.497 e. The first-order chi connectivity index (χ1) is 15.3. The third-order valence-electron chi connectivity index (χ3n) is 4.75. The summed E-state index contributed by atoms with van der Waals surface area (Å²) in [6.45, 7) is 2.22. The van der Waals surface area contributed by atoms with Crippen LogP contribution >= 0.6 is 0 Å². The second kappa shape index (κ2) is 13.2. The normalized spacial score (nSPS) is 11.0. The number of benzene rings is 3. The Labute approximate surface area is 184 Å². The fourth-order valence-electron chi connectivity index (χ4n) is 2.99. The highest BCUT2D eigenvalue weighted by molar-refractivity contribution is 5.44. The maximum atomic E-state index is 5.82. The molecule has 0 fully saturated rings. The van der Waals surface area contributed by atoms with Gasteiger partial charge in [0.15, 0.2) is 0 Å². The van der Waals surface area contributed by atoms with Crippen LogP contribution in [0.25, 0.3) is 0 Å². The molecule has 5 nitrogen and oxygen atoms in total. The molecule has 0 aliphatic rings. The monoisotopic (exact) mass is 418 g/mol. The fourth-order valence-corrected chi connectivity index (χ4v) is 2.99. The minimum absolute atomic E-state index is 0.694. The Balaban J connectivity index is 1.25. The van der Waals surface area contributed by atoms with Crippen molar-refractivity contribution in [1.29, 1.82) is 0 Å². The van der Waals surface area contributed by atoms with Crippen LogP contribution in [0.5, 0.6) is 11.5 Å². The first kappa shape index (κ1) is 22.5. The maximum absolute atomic E-state index is 5.82. The standard InChI is InChI=1S/C26H30N2O3/c1-29-25-15-11-23(12-16-25)27-28-24-13-17-26(18-14-24)31-20-8-3-2-7-19-30-21-22-9-5-4-6-10-22/h4-6,9-18H,2-3,7-8,19-21H2,1H3. The van der Waals surface area contributed by atoms with E-state index in [1.165, 1.54) is 5.56 Å². The Hall–Kier alpha value is -3.18. The summed E-state index contributed by atoms with van der Waals surface area (Å²) in [6, 6.07) is 25.4. The van der Waals surface area contributed by atoms with Gasteiger partial charge in [-0.15, -0.1) is 0 Å². The van der Waals surface area contributed by atoms with Gasteiger partial charge in [0, 0.05) is 6.61 Å². The van der Waals surface area contributed by atoms with Gasteiger partial charge in [0.2, 0.25) is 0 Å². The van der Waals surface area contributed by atoms with Gasteiger partial charge in [-0.2, -0.15) is 10.2 Å². The molecular weight excluding hydrogens is 388 g/mol. The van der Waals surface area contributed by atoms with Gasteiger partial charge in [-0.1, -0.05) is 36.8 Å². The summed E-state index contributed by atoms with van der Waals surface area (Å²) in [5.74, 6) is 1.66. The van der Waals surface area contributed by atoms with Gasteiger partial charge in [0.05, 0.1) is 31.7 Å². The molecule has 0 unspecified atom stereocenters. The van der Waals surface area contributed by atoms with Crippen LogP contribution in [0, 0.1) is 0 Å². The molecule has 0 aliphatic heterocycles. The van der Waals surface area contributed by atoms with Crippen LogP contribution in [-0.2, 0) is 11.3 Å². The van der Waals surface area contributed by atoms with Gasteiger partial charge < -0.3 is 14.2 Å². The smallest absolute Gasteiger partial charge is 0.119 e. The SMILES string of the molecule is COc1ccc(N=Nc2ccc(OCCCCCCOCc3ccccc3)cc2)cc1. The van der Waals surface area contributed by atoms with Gasteiger partial charge in [-0.25, -0.2) is 0 Å². The zero-order valence-electron chi connectivity index (χ0n) is 18.1. The van der Waals surface area contributed by atoms with Crippen LogP contribution in [0.2, 0.25) is 0 Å². The van der Waals surface area contributed by atoms with Crippen molar-refractivity contribution in [2.24, 2.45) is 10.2 Å². The molecule has 0 radical (unpaired) electrons. The van der Waals surface area contributed by atoms with Crippen molar-refractivity contribution >= 4 is 11.4 Å². The van der Waals surface area contributed by atoms with Crippen molar-refractivity contribution in [2.75, 3.05) is 20.3 Å². The average Bonchev–Trinajstić information content (AvgIpc) is 2.83. The van der Waals surface area contributed by atoms with E-state index in [1.54, 1.807) is 7.11 Å². The van der Waals surface area contributed by atoms with E-state index in [0.717, 1.165) is 61.8 Å².